The number of hydrogen-bond acceptors (Lipinski definition) is 4. The van der Waals surface area contributed by atoms with Crippen LogP contribution in [0.3, 0.4) is 0 Å². The Bertz CT molecular complexity index is 3090. The molecule has 10 rings (SSSR count). The van der Waals surface area contributed by atoms with Gasteiger partial charge in [-0.15, -0.1) is 0 Å². The molecular weight excluding hydrogens is 795 g/mol. The summed E-state index contributed by atoms with van der Waals surface area (Å²) in [5.41, 5.74) is 8.11. The number of alkyl halides is 4. The fourth-order valence-corrected chi connectivity index (χ4v) is 8.16. The van der Waals surface area contributed by atoms with E-state index in [-0.39, 0.29) is 5.56 Å². The van der Waals surface area contributed by atoms with Crippen LogP contribution in [0.5, 0.6) is 0 Å². The first kappa shape index (κ1) is 39.4. The van der Waals surface area contributed by atoms with Gasteiger partial charge in [0.1, 0.15) is 11.2 Å². The number of furan rings is 1. The fourth-order valence-electron chi connectivity index (χ4n) is 8.16. The lowest BCUT2D eigenvalue weighted by Crippen LogP contribution is -2.21. The van der Waals surface area contributed by atoms with E-state index in [9.17, 15) is 0 Å². The average molecular weight is 832 g/mol. The summed E-state index contributed by atoms with van der Waals surface area (Å²) in [6.45, 7) is 0. The van der Waals surface area contributed by atoms with Crippen molar-refractivity contribution in [3.63, 3.8) is 0 Å². The third-order valence-electron chi connectivity index (χ3n) is 11.5. The summed E-state index contributed by atoms with van der Waals surface area (Å²) in [6, 6.07) is 53.0. The van der Waals surface area contributed by atoms with E-state index in [1.54, 1.807) is 85.2 Å². The maximum Gasteiger partial charge on any atom is 0.277 e. The number of halogens is 4. The molecular formula is C55H37F4N3O. The van der Waals surface area contributed by atoms with Gasteiger partial charge in [-0.1, -0.05) is 127 Å². The molecule has 0 aliphatic rings. The van der Waals surface area contributed by atoms with Gasteiger partial charge in [-0.25, -0.2) is 17.6 Å². The highest BCUT2D eigenvalue weighted by atomic mass is 19.3. The molecule has 0 fully saturated rings. The number of rotatable bonds is 11. The summed E-state index contributed by atoms with van der Waals surface area (Å²) in [4.78, 5) is 13.4. The highest BCUT2D eigenvalue weighted by molar-refractivity contribution is 6.05. The first-order chi connectivity index (χ1) is 30.7. The van der Waals surface area contributed by atoms with Crippen LogP contribution in [0, 0.1) is 0 Å². The van der Waals surface area contributed by atoms with Crippen molar-refractivity contribution < 1.29 is 22.0 Å². The predicted octanol–water partition coefficient (Wildman–Crippen LogP) is 14.8. The van der Waals surface area contributed by atoms with Gasteiger partial charge in [0, 0.05) is 76.1 Å². The molecule has 6 aromatic carbocycles. The minimum Gasteiger partial charge on any atom is -0.456 e. The zero-order valence-electron chi connectivity index (χ0n) is 33.7. The molecule has 0 atom stereocenters. The maximum absolute atomic E-state index is 16.7. The predicted molar refractivity (Wildman–Crippen MR) is 242 cm³/mol. The Morgan fingerprint density at radius 1 is 0.381 bits per heavy atom. The van der Waals surface area contributed by atoms with E-state index in [1.165, 1.54) is 12.1 Å². The van der Waals surface area contributed by atoms with E-state index in [1.807, 2.05) is 97.2 Å². The minimum atomic E-state index is -3.50. The number of benzene rings is 6. The normalized spacial score (nSPS) is 11.9. The van der Waals surface area contributed by atoms with Gasteiger partial charge in [0.05, 0.1) is 17.1 Å². The van der Waals surface area contributed by atoms with E-state index in [4.69, 9.17) is 9.40 Å². The first-order valence-corrected chi connectivity index (χ1v) is 20.6. The Hall–Kier alpha value is -7.71. The van der Waals surface area contributed by atoms with Crippen molar-refractivity contribution >= 4 is 21.9 Å². The lowest BCUT2D eigenvalue weighted by atomic mass is 9.88. The van der Waals surface area contributed by atoms with Crippen LogP contribution in [0.15, 0.2) is 205 Å². The van der Waals surface area contributed by atoms with Crippen molar-refractivity contribution in [2.24, 2.45) is 0 Å². The molecule has 63 heavy (non-hydrogen) atoms. The zero-order chi connectivity index (χ0) is 43.0. The lowest BCUT2D eigenvalue weighted by Gasteiger charge is -2.24. The Labute approximate surface area is 361 Å². The second-order valence-corrected chi connectivity index (χ2v) is 15.7. The fraction of sp³-hybridized carbons (Fsp3) is 0.0727. The van der Waals surface area contributed by atoms with Crippen LogP contribution in [0.25, 0.3) is 78.0 Å². The van der Waals surface area contributed by atoms with Crippen molar-refractivity contribution in [3.8, 4) is 56.0 Å². The number of pyridine rings is 3. The average Bonchev–Trinajstić information content (AvgIpc) is 3.70. The molecule has 10 aromatic rings. The van der Waals surface area contributed by atoms with Crippen LogP contribution in [0.1, 0.15) is 22.3 Å². The summed E-state index contributed by atoms with van der Waals surface area (Å²) in [7, 11) is 0. The summed E-state index contributed by atoms with van der Waals surface area (Å²) in [5.74, 6) is -7.00. The van der Waals surface area contributed by atoms with Gasteiger partial charge >= 0.3 is 0 Å². The third kappa shape index (κ3) is 8.11. The summed E-state index contributed by atoms with van der Waals surface area (Å²) >= 11 is 0. The van der Waals surface area contributed by atoms with Gasteiger partial charge < -0.3 is 4.42 Å². The Kier molecular flexibility index (Phi) is 10.2. The van der Waals surface area contributed by atoms with E-state index >= 15 is 17.6 Å². The van der Waals surface area contributed by atoms with Gasteiger partial charge in [-0.2, -0.15) is 0 Å². The smallest absolute Gasteiger partial charge is 0.277 e. The largest absolute Gasteiger partial charge is 0.456 e. The summed E-state index contributed by atoms with van der Waals surface area (Å²) in [6.07, 6.45) is 3.78. The number of hydrogen-bond donors (Lipinski definition) is 0. The highest BCUT2D eigenvalue weighted by Crippen LogP contribution is 2.43. The first-order valence-electron chi connectivity index (χ1n) is 20.6. The Balaban J connectivity index is 1.00. The Morgan fingerprint density at radius 3 is 1.41 bits per heavy atom. The second-order valence-electron chi connectivity index (χ2n) is 15.7. The van der Waals surface area contributed by atoms with Crippen LogP contribution in [0.2, 0.25) is 0 Å². The van der Waals surface area contributed by atoms with Gasteiger partial charge in [-0.05, 0) is 81.9 Å². The molecule has 0 spiro atoms. The van der Waals surface area contributed by atoms with Crippen LogP contribution in [-0.2, 0) is 24.7 Å². The molecule has 0 aliphatic carbocycles. The number of para-hydroxylation sites is 1. The monoisotopic (exact) mass is 831 g/mol. The maximum atomic E-state index is 16.7. The number of aromatic nitrogens is 3. The minimum absolute atomic E-state index is 0.259. The van der Waals surface area contributed by atoms with Crippen LogP contribution in [0.4, 0.5) is 17.6 Å². The van der Waals surface area contributed by atoms with E-state index in [2.05, 4.69) is 9.97 Å². The molecule has 306 valence electrons. The van der Waals surface area contributed by atoms with Crippen molar-refractivity contribution in [3.05, 3.63) is 223 Å². The van der Waals surface area contributed by atoms with Gasteiger partial charge in [-0.3, -0.25) is 15.0 Å². The molecule has 8 heteroatoms. The quantitative estimate of drug-likeness (QED) is 0.122. The van der Waals surface area contributed by atoms with Gasteiger partial charge in [0.2, 0.25) is 0 Å². The molecule has 0 amide bonds. The molecule has 4 aromatic heterocycles. The van der Waals surface area contributed by atoms with Crippen LogP contribution >= 0.6 is 0 Å². The molecule has 0 N–H and O–H groups in total. The van der Waals surface area contributed by atoms with Gasteiger partial charge in [0.25, 0.3) is 11.8 Å². The highest BCUT2D eigenvalue weighted by Gasteiger charge is 2.38. The third-order valence-corrected chi connectivity index (χ3v) is 11.5. The Morgan fingerprint density at radius 2 is 0.857 bits per heavy atom. The van der Waals surface area contributed by atoms with Crippen LogP contribution < -0.4 is 0 Å². The van der Waals surface area contributed by atoms with Crippen LogP contribution in [-0.4, -0.2) is 15.0 Å². The molecule has 0 radical (unpaired) electrons. The molecule has 4 nitrogen and oxygen atoms in total. The summed E-state index contributed by atoms with van der Waals surface area (Å²) in [5, 5.41) is 1.92. The van der Waals surface area contributed by atoms with Crippen molar-refractivity contribution in [1.29, 1.82) is 0 Å². The summed E-state index contributed by atoms with van der Waals surface area (Å²) < 4.78 is 72.8. The van der Waals surface area contributed by atoms with Gasteiger partial charge in [0.15, 0.2) is 0 Å². The number of nitrogens with zero attached hydrogens (tertiary/aromatic N) is 3. The standard InChI is InChI=1S/C55H37F4N3O/c56-54(57,33-36-15-19-39(20-16-36)49-12-5-7-27-60-49)43-29-42(30-44(31-43)55(58,59)34-37-17-21-40(22-18-37)50-13-6-8-28-61-50)46-10-2-1-9-45(46)38-23-25-41(26-24-38)51-32-53-48(35-62-51)47-11-3-4-14-52(47)63-53/h1-32,35H,33-34H2. The second kappa shape index (κ2) is 16.3. The topological polar surface area (TPSA) is 51.8 Å². The van der Waals surface area contributed by atoms with E-state index in [0.717, 1.165) is 67.3 Å². The molecule has 0 saturated heterocycles. The number of fused-ring (bicyclic) bond motifs is 3. The molecule has 0 unspecified atom stereocenters. The van der Waals surface area contributed by atoms with E-state index in [0.29, 0.717) is 22.3 Å². The molecule has 4 heterocycles. The zero-order valence-corrected chi connectivity index (χ0v) is 33.7. The lowest BCUT2D eigenvalue weighted by molar-refractivity contribution is -0.0105. The van der Waals surface area contributed by atoms with Crippen molar-refractivity contribution in [2.75, 3.05) is 0 Å². The van der Waals surface area contributed by atoms with E-state index < -0.39 is 35.8 Å². The molecule has 0 bridgehead atoms. The van der Waals surface area contributed by atoms with Crippen molar-refractivity contribution in [1.82, 2.24) is 15.0 Å². The SMILES string of the molecule is FC(F)(Cc1ccc(-c2ccccn2)cc1)c1cc(-c2ccccc2-c2ccc(-c3cc4oc5ccccc5c4cn3)cc2)cc(C(F)(F)Cc2ccc(-c3ccccn3)cc2)c1. The molecule has 0 aliphatic heterocycles. The molecule has 0 saturated carbocycles. The van der Waals surface area contributed by atoms with Crippen molar-refractivity contribution in [2.45, 2.75) is 24.7 Å².